The first-order valence-corrected chi connectivity index (χ1v) is 6.63. The predicted molar refractivity (Wildman–Crippen MR) is 73.8 cm³/mol. The Morgan fingerprint density at radius 2 is 1.86 bits per heavy atom. The largest absolute Gasteiger partial charge is 0.429 e. The molecule has 0 bridgehead atoms. The van der Waals surface area contributed by atoms with Crippen LogP contribution in [0.3, 0.4) is 0 Å². The molecule has 1 aliphatic heterocycles. The molecule has 1 aromatic carbocycles. The summed E-state index contributed by atoms with van der Waals surface area (Å²) in [4.78, 5) is 12.1. The van der Waals surface area contributed by atoms with Crippen LogP contribution >= 0.6 is 0 Å². The van der Waals surface area contributed by atoms with Crippen LogP contribution in [0.25, 0.3) is 0 Å². The average molecular weight is 297 g/mol. The third-order valence-electron chi connectivity index (χ3n) is 3.45. The van der Waals surface area contributed by atoms with Crippen LogP contribution in [-0.2, 0) is 9.47 Å². The molecule has 5 atom stereocenters. The van der Waals surface area contributed by atoms with E-state index in [-0.39, 0.29) is 5.56 Å². The van der Waals surface area contributed by atoms with Crippen LogP contribution in [0, 0.1) is 0 Å². The molecule has 2 rings (SSSR count). The van der Waals surface area contributed by atoms with E-state index in [2.05, 4.69) is 5.32 Å². The Kier molecular flexibility index (Phi) is 4.79. The summed E-state index contributed by atoms with van der Waals surface area (Å²) in [5, 5.41) is 31.9. The molecule has 0 spiro atoms. The van der Waals surface area contributed by atoms with Crippen molar-refractivity contribution in [3.63, 3.8) is 0 Å². The van der Waals surface area contributed by atoms with Crippen LogP contribution in [-0.4, -0.2) is 59.0 Å². The molecule has 1 saturated heterocycles. The summed E-state index contributed by atoms with van der Waals surface area (Å²) in [6, 6.07) is 6.71. The average Bonchev–Trinajstić information content (AvgIpc) is 2.50. The quantitative estimate of drug-likeness (QED) is 0.568. The number of para-hydroxylation sites is 1. The van der Waals surface area contributed by atoms with Gasteiger partial charge in [-0.25, -0.2) is 4.79 Å². The third kappa shape index (κ3) is 3.16. The maximum absolute atomic E-state index is 12.1. The molecule has 1 aromatic rings. The van der Waals surface area contributed by atoms with Crippen LogP contribution < -0.4 is 5.32 Å². The van der Waals surface area contributed by atoms with E-state index in [0.29, 0.717) is 5.69 Å². The minimum atomic E-state index is -1.51. The van der Waals surface area contributed by atoms with E-state index in [4.69, 9.17) is 9.47 Å². The van der Waals surface area contributed by atoms with Crippen molar-refractivity contribution in [3.8, 4) is 0 Å². The molecule has 0 unspecified atom stereocenters. The Morgan fingerprint density at radius 3 is 2.52 bits per heavy atom. The number of benzene rings is 1. The van der Waals surface area contributed by atoms with Crippen molar-refractivity contribution < 1.29 is 29.6 Å². The first kappa shape index (κ1) is 15.7. The van der Waals surface area contributed by atoms with E-state index in [1.807, 2.05) is 0 Å². The molecular weight excluding hydrogens is 278 g/mol. The molecule has 0 amide bonds. The number of hydrogen-bond donors (Lipinski definition) is 4. The predicted octanol–water partition coefficient (Wildman–Crippen LogP) is -0.287. The highest BCUT2D eigenvalue weighted by Gasteiger charge is 2.43. The zero-order valence-corrected chi connectivity index (χ0v) is 11.8. The summed E-state index contributed by atoms with van der Waals surface area (Å²) in [6.07, 6.45) is -6.29. The van der Waals surface area contributed by atoms with Gasteiger partial charge in [0.2, 0.25) is 6.29 Å². The van der Waals surface area contributed by atoms with Gasteiger partial charge >= 0.3 is 5.97 Å². The zero-order valence-electron chi connectivity index (χ0n) is 11.8. The second kappa shape index (κ2) is 6.40. The van der Waals surface area contributed by atoms with E-state index >= 15 is 0 Å². The second-order valence-electron chi connectivity index (χ2n) is 4.88. The van der Waals surface area contributed by atoms with Gasteiger partial charge in [0.05, 0.1) is 11.7 Å². The van der Waals surface area contributed by atoms with Crippen LogP contribution in [0.4, 0.5) is 5.69 Å². The maximum atomic E-state index is 12.1. The SMILES string of the molecule is CNc1ccccc1C(=O)O[C@@H]1O[C@H](C)[C@@H](O)[C@@H](O)[C@@H]1O. The Hall–Kier alpha value is -1.67. The minimum absolute atomic E-state index is 0.282. The normalized spacial score (nSPS) is 32.5. The van der Waals surface area contributed by atoms with Gasteiger partial charge in [0.25, 0.3) is 0 Å². The second-order valence-corrected chi connectivity index (χ2v) is 4.88. The van der Waals surface area contributed by atoms with Crippen molar-refractivity contribution in [2.45, 2.75) is 37.6 Å². The Bertz CT molecular complexity index is 508. The third-order valence-corrected chi connectivity index (χ3v) is 3.45. The van der Waals surface area contributed by atoms with Crippen LogP contribution in [0.15, 0.2) is 24.3 Å². The summed E-state index contributed by atoms with van der Waals surface area (Å²) in [5.74, 6) is -0.695. The number of aliphatic hydroxyl groups is 3. The van der Waals surface area contributed by atoms with E-state index in [0.717, 1.165) is 0 Å². The van der Waals surface area contributed by atoms with Gasteiger partial charge in [-0.2, -0.15) is 0 Å². The molecule has 0 aliphatic carbocycles. The Morgan fingerprint density at radius 1 is 1.19 bits per heavy atom. The van der Waals surface area contributed by atoms with Gasteiger partial charge in [-0.1, -0.05) is 12.1 Å². The van der Waals surface area contributed by atoms with Crippen molar-refractivity contribution in [2.24, 2.45) is 0 Å². The summed E-state index contributed by atoms with van der Waals surface area (Å²) < 4.78 is 10.3. The number of ether oxygens (including phenoxy) is 2. The molecule has 4 N–H and O–H groups in total. The van der Waals surface area contributed by atoms with Crippen molar-refractivity contribution in [3.05, 3.63) is 29.8 Å². The fourth-order valence-corrected chi connectivity index (χ4v) is 2.16. The van der Waals surface area contributed by atoms with Gasteiger partial charge in [0.1, 0.15) is 18.3 Å². The zero-order chi connectivity index (χ0) is 15.6. The molecule has 7 heteroatoms. The van der Waals surface area contributed by atoms with Gasteiger partial charge < -0.3 is 30.1 Å². The van der Waals surface area contributed by atoms with Crippen molar-refractivity contribution in [1.29, 1.82) is 0 Å². The lowest BCUT2D eigenvalue weighted by molar-refractivity contribution is -0.276. The van der Waals surface area contributed by atoms with Gasteiger partial charge in [0.15, 0.2) is 0 Å². The lowest BCUT2D eigenvalue weighted by Gasteiger charge is -2.38. The molecule has 1 aliphatic rings. The topological polar surface area (TPSA) is 108 Å². The number of carbonyl (C=O) groups excluding carboxylic acids is 1. The van der Waals surface area contributed by atoms with E-state index < -0.39 is 36.7 Å². The highest BCUT2D eigenvalue weighted by atomic mass is 16.7. The monoisotopic (exact) mass is 297 g/mol. The lowest BCUT2D eigenvalue weighted by Crippen LogP contribution is -2.57. The fourth-order valence-electron chi connectivity index (χ4n) is 2.16. The smallest absolute Gasteiger partial charge is 0.342 e. The first-order chi connectivity index (χ1) is 9.95. The number of anilines is 1. The minimum Gasteiger partial charge on any atom is -0.429 e. The van der Waals surface area contributed by atoms with Crippen molar-refractivity contribution >= 4 is 11.7 Å². The van der Waals surface area contributed by atoms with Gasteiger partial charge in [-0.3, -0.25) is 0 Å². The fraction of sp³-hybridized carbons (Fsp3) is 0.500. The summed E-state index contributed by atoms with van der Waals surface area (Å²) >= 11 is 0. The molecule has 116 valence electrons. The van der Waals surface area contributed by atoms with Gasteiger partial charge in [0, 0.05) is 12.7 Å². The van der Waals surface area contributed by atoms with Crippen LogP contribution in [0.1, 0.15) is 17.3 Å². The van der Waals surface area contributed by atoms with E-state index in [9.17, 15) is 20.1 Å². The lowest BCUT2D eigenvalue weighted by atomic mass is 10.00. The molecular formula is C14H19NO6. The van der Waals surface area contributed by atoms with Crippen molar-refractivity contribution in [2.75, 3.05) is 12.4 Å². The summed E-state index contributed by atoms with van der Waals surface area (Å²) in [7, 11) is 1.67. The number of carbonyl (C=O) groups is 1. The Labute approximate surface area is 122 Å². The summed E-state index contributed by atoms with van der Waals surface area (Å²) in [6.45, 7) is 1.52. The molecule has 0 aromatic heterocycles. The number of nitrogens with one attached hydrogen (secondary N) is 1. The van der Waals surface area contributed by atoms with Crippen molar-refractivity contribution in [1.82, 2.24) is 0 Å². The highest BCUT2D eigenvalue weighted by molar-refractivity contribution is 5.95. The van der Waals surface area contributed by atoms with Crippen LogP contribution in [0.5, 0.6) is 0 Å². The van der Waals surface area contributed by atoms with Crippen LogP contribution in [0.2, 0.25) is 0 Å². The number of aliphatic hydroxyl groups excluding tert-OH is 3. The highest BCUT2D eigenvalue weighted by Crippen LogP contribution is 2.24. The first-order valence-electron chi connectivity index (χ1n) is 6.63. The molecule has 0 saturated carbocycles. The molecule has 21 heavy (non-hydrogen) atoms. The number of hydrogen-bond acceptors (Lipinski definition) is 7. The molecule has 1 fully saturated rings. The van der Waals surface area contributed by atoms with E-state index in [1.165, 1.54) is 6.92 Å². The number of esters is 1. The molecule has 1 heterocycles. The molecule has 7 nitrogen and oxygen atoms in total. The molecule has 0 radical (unpaired) electrons. The standard InChI is InChI=1S/C14H19NO6/c1-7-10(16)11(17)12(18)14(20-7)21-13(19)8-5-3-4-6-9(8)15-2/h3-7,10-12,14-18H,1-2H3/t7-,10-,11-,12+,14+/m1/s1. The van der Waals surface area contributed by atoms with E-state index in [1.54, 1.807) is 31.3 Å². The summed E-state index contributed by atoms with van der Waals surface area (Å²) in [5.41, 5.74) is 0.852. The number of rotatable bonds is 3. The maximum Gasteiger partial charge on any atom is 0.342 e. The van der Waals surface area contributed by atoms with Gasteiger partial charge in [-0.05, 0) is 19.1 Å². The Balaban J connectivity index is 2.12. The van der Waals surface area contributed by atoms with Gasteiger partial charge in [-0.15, -0.1) is 0 Å².